The molecule has 1 fully saturated rings. The molecule has 1 heteroatoms. The van der Waals surface area contributed by atoms with E-state index in [1.54, 1.807) is 0 Å². The minimum Gasteiger partial charge on any atom is -0.393 e. The summed E-state index contributed by atoms with van der Waals surface area (Å²) < 4.78 is 0. The van der Waals surface area contributed by atoms with E-state index < -0.39 is 0 Å². The zero-order valence-electron chi connectivity index (χ0n) is 9.13. The molecule has 1 aliphatic rings. The van der Waals surface area contributed by atoms with Gasteiger partial charge in [-0.15, -0.1) is 0 Å². The highest BCUT2D eigenvalue weighted by molar-refractivity contribution is 4.70. The number of aliphatic hydroxyl groups is 1. The van der Waals surface area contributed by atoms with Crippen molar-refractivity contribution in [3.63, 3.8) is 0 Å². The van der Waals surface area contributed by atoms with Crippen molar-refractivity contribution in [1.82, 2.24) is 0 Å². The van der Waals surface area contributed by atoms with Crippen molar-refractivity contribution in [1.29, 1.82) is 0 Å². The van der Waals surface area contributed by atoms with E-state index in [-0.39, 0.29) is 6.10 Å². The Morgan fingerprint density at radius 2 is 1.85 bits per heavy atom. The van der Waals surface area contributed by atoms with Gasteiger partial charge in [0.05, 0.1) is 6.10 Å². The summed E-state index contributed by atoms with van der Waals surface area (Å²) in [7, 11) is 0. The fraction of sp³-hybridized carbons (Fsp3) is 1.00. The molecule has 0 aromatic heterocycles. The molecule has 2 atom stereocenters. The van der Waals surface area contributed by atoms with Crippen molar-refractivity contribution in [2.45, 2.75) is 64.9 Å². The third kappa shape index (κ3) is 4.66. The normalized spacial score (nSPS) is 31.4. The van der Waals surface area contributed by atoms with Gasteiger partial charge in [0.15, 0.2) is 0 Å². The monoisotopic (exact) mass is 184 g/mol. The Morgan fingerprint density at radius 3 is 2.54 bits per heavy atom. The van der Waals surface area contributed by atoms with Crippen molar-refractivity contribution in [3.05, 3.63) is 0 Å². The van der Waals surface area contributed by atoms with Crippen molar-refractivity contribution in [2.24, 2.45) is 11.8 Å². The zero-order chi connectivity index (χ0) is 9.68. The number of rotatable bonds is 2. The minimum absolute atomic E-state index is 0.0101. The Labute approximate surface area is 82.5 Å². The molecule has 0 amide bonds. The van der Waals surface area contributed by atoms with Crippen LogP contribution in [0, 0.1) is 11.8 Å². The highest BCUT2D eigenvalue weighted by atomic mass is 16.3. The molecule has 13 heavy (non-hydrogen) atoms. The molecule has 2 unspecified atom stereocenters. The van der Waals surface area contributed by atoms with E-state index in [0.29, 0.717) is 0 Å². The maximum Gasteiger partial charge on any atom is 0.0542 e. The Morgan fingerprint density at radius 1 is 1.15 bits per heavy atom. The second kappa shape index (κ2) is 5.64. The average molecular weight is 184 g/mol. The Balaban J connectivity index is 2.32. The van der Waals surface area contributed by atoms with E-state index in [4.69, 9.17) is 0 Å². The number of hydrogen-bond donors (Lipinski definition) is 1. The van der Waals surface area contributed by atoms with Crippen LogP contribution in [0.5, 0.6) is 0 Å². The highest BCUT2D eigenvalue weighted by Crippen LogP contribution is 2.27. The van der Waals surface area contributed by atoms with Gasteiger partial charge in [0.1, 0.15) is 0 Å². The first kappa shape index (κ1) is 11.0. The first-order chi connectivity index (χ1) is 6.18. The lowest BCUT2D eigenvalue weighted by molar-refractivity contribution is 0.112. The molecule has 0 radical (unpaired) electrons. The summed E-state index contributed by atoms with van der Waals surface area (Å²) in [4.78, 5) is 0. The average Bonchev–Trinajstić information content (AvgIpc) is 1.98. The van der Waals surface area contributed by atoms with Crippen LogP contribution in [0.4, 0.5) is 0 Å². The van der Waals surface area contributed by atoms with E-state index >= 15 is 0 Å². The number of hydrogen-bond acceptors (Lipinski definition) is 1. The Hall–Kier alpha value is -0.0400. The smallest absolute Gasteiger partial charge is 0.0542 e. The third-order valence-electron chi connectivity index (χ3n) is 3.06. The molecule has 0 aromatic carbocycles. The van der Waals surface area contributed by atoms with Crippen molar-refractivity contribution in [2.75, 3.05) is 0 Å². The van der Waals surface area contributed by atoms with Crippen molar-refractivity contribution in [3.8, 4) is 0 Å². The van der Waals surface area contributed by atoms with Crippen LogP contribution in [0.25, 0.3) is 0 Å². The zero-order valence-corrected chi connectivity index (χ0v) is 9.13. The molecule has 0 saturated heterocycles. The predicted molar refractivity (Wildman–Crippen MR) is 56.7 cm³/mol. The molecular weight excluding hydrogens is 160 g/mol. The van der Waals surface area contributed by atoms with Crippen LogP contribution < -0.4 is 0 Å². The van der Waals surface area contributed by atoms with Crippen LogP contribution >= 0.6 is 0 Å². The lowest BCUT2D eigenvalue weighted by Crippen LogP contribution is -2.17. The van der Waals surface area contributed by atoms with Crippen LogP contribution in [0.2, 0.25) is 0 Å². The van der Waals surface area contributed by atoms with Gasteiger partial charge in [-0.05, 0) is 31.1 Å². The molecule has 1 rings (SSSR count). The molecule has 78 valence electrons. The summed E-state index contributed by atoms with van der Waals surface area (Å²) >= 11 is 0. The second-order valence-corrected chi connectivity index (χ2v) is 5.02. The summed E-state index contributed by atoms with van der Waals surface area (Å²) in [5.74, 6) is 1.58. The fourth-order valence-electron chi connectivity index (χ4n) is 2.49. The first-order valence-corrected chi connectivity index (χ1v) is 5.86. The summed E-state index contributed by atoms with van der Waals surface area (Å²) in [6, 6.07) is 0. The summed E-state index contributed by atoms with van der Waals surface area (Å²) in [5, 5.41) is 9.70. The first-order valence-electron chi connectivity index (χ1n) is 5.86. The maximum atomic E-state index is 9.70. The molecule has 1 N–H and O–H groups in total. The highest BCUT2D eigenvalue weighted by Gasteiger charge is 2.17. The van der Waals surface area contributed by atoms with Gasteiger partial charge in [-0.1, -0.05) is 39.5 Å². The third-order valence-corrected chi connectivity index (χ3v) is 3.06. The van der Waals surface area contributed by atoms with Crippen LogP contribution in [-0.4, -0.2) is 11.2 Å². The molecule has 0 aromatic rings. The molecule has 1 nitrogen and oxygen atoms in total. The van der Waals surface area contributed by atoms with Gasteiger partial charge < -0.3 is 5.11 Å². The summed E-state index contributed by atoms with van der Waals surface area (Å²) in [6.07, 6.45) is 8.66. The van der Waals surface area contributed by atoms with E-state index in [9.17, 15) is 5.11 Å². The molecule has 0 spiro atoms. The molecule has 0 heterocycles. The molecule has 1 saturated carbocycles. The lowest BCUT2D eigenvalue weighted by atomic mass is 9.84. The lowest BCUT2D eigenvalue weighted by Gasteiger charge is -2.24. The topological polar surface area (TPSA) is 20.2 Å². The standard InChI is InChI=1S/C12H24O/c1-10(2)8-11-6-4-3-5-7-12(13)9-11/h10-13H,3-9H2,1-2H3. The van der Waals surface area contributed by atoms with Crippen LogP contribution in [0.1, 0.15) is 58.8 Å². The summed E-state index contributed by atoms with van der Waals surface area (Å²) in [6.45, 7) is 4.57. The van der Waals surface area contributed by atoms with Crippen LogP contribution in [0.15, 0.2) is 0 Å². The van der Waals surface area contributed by atoms with Crippen LogP contribution in [-0.2, 0) is 0 Å². The fourth-order valence-corrected chi connectivity index (χ4v) is 2.49. The van der Waals surface area contributed by atoms with E-state index in [1.807, 2.05) is 0 Å². The van der Waals surface area contributed by atoms with E-state index in [2.05, 4.69) is 13.8 Å². The predicted octanol–water partition coefficient (Wildman–Crippen LogP) is 3.36. The van der Waals surface area contributed by atoms with Gasteiger partial charge in [-0.3, -0.25) is 0 Å². The van der Waals surface area contributed by atoms with Gasteiger partial charge in [0, 0.05) is 0 Å². The molecule has 1 aliphatic carbocycles. The molecule has 0 bridgehead atoms. The minimum atomic E-state index is -0.0101. The van der Waals surface area contributed by atoms with Gasteiger partial charge in [0.2, 0.25) is 0 Å². The van der Waals surface area contributed by atoms with Crippen LogP contribution in [0.3, 0.4) is 0 Å². The van der Waals surface area contributed by atoms with Gasteiger partial charge >= 0.3 is 0 Å². The van der Waals surface area contributed by atoms with E-state index in [1.165, 1.54) is 32.1 Å². The van der Waals surface area contributed by atoms with Gasteiger partial charge in [-0.2, -0.15) is 0 Å². The number of aliphatic hydroxyl groups excluding tert-OH is 1. The van der Waals surface area contributed by atoms with Crippen molar-refractivity contribution >= 4 is 0 Å². The molecule has 0 aliphatic heterocycles. The van der Waals surface area contributed by atoms with Crippen molar-refractivity contribution < 1.29 is 5.11 Å². The quantitative estimate of drug-likeness (QED) is 0.697. The van der Waals surface area contributed by atoms with Gasteiger partial charge in [-0.25, -0.2) is 0 Å². The van der Waals surface area contributed by atoms with Gasteiger partial charge in [0.25, 0.3) is 0 Å². The second-order valence-electron chi connectivity index (χ2n) is 5.02. The molecular formula is C12H24O. The largest absolute Gasteiger partial charge is 0.393 e. The SMILES string of the molecule is CC(C)CC1CCCCCC(O)C1. The summed E-state index contributed by atoms with van der Waals surface area (Å²) in [5.41, 5.74) is 0. The maximum absolute atomic E-state index is 9.70. The van der Waals surface area contributed by atoms with E-state index in [0.717, 1.165) is 24.7 Å². The Kier molecular flexibility index (Phi) is 4.79. The Bertz CT molecular complexity index is 131.